The summed E-state index contributed by atoms with van der Waals surface area (Å²) in [5.41, 5.74) is 3.74. The number of fused-ring (bicyclic) bond motifs is 1. The first-order valence-electron chi connectivity index (χ1n) is 7.99. The molecule has 0 aliphatic heterocycles. The van der Waals surface area contributed by atoms with Crippen molar-refractivity contribution in [2.24, 2.45) is 0 Å². The summed E-state index contributed by atoms with van der Waals surface area (Å²) in [6, 6.07) is 14.7. The lowest BCUT2D eigenvalue weighted by Crippen LogP contribution is -2.48. The zero-order valence-electron chi connectivity index (χ0n) is 14.2. The lowest BCUT2D eigenvalue weighted by atomic mass is 10.2. The normalized spacial score (nSPS) is 11.6. The van der Waals surface area contributed by atoms with Crippen molar-refractivity contribution < 1.29 is 18.7 Å². The average Bonchev–Trinajstić information content (AvgIpc) is 2.67. The fourth-order valence-corrected chi connectivity index (χ4v) is 2.40. The van der Waals surface area contributed by atoms with Gasteiger partial charge in [0.2, 0.25) is 0 Å². The van der Waals surface area contributed by atoms with E-state index in [9.17, 15) is 14.4 Å². The van der Waals surface area contributed by atoms with Crippen LogP contribution in [0.25, 0.3) is 11.0 Å². The summed E-state index contributed by atoms with van der Waals surface area (Å²) >= 11 is 5.79. The van der Waals surface area contributed by atoms with Gasteiger partial charge in [-0.25, -0.2) is 4.79 Å². The quantitative estimate of drug-likeness (QED) is 0.530. The van der Waals surface area contributed by atoms with Gasteiger partial charge in [0.05, 0.1) is 0 Å². The first-order valence-corrected chi connectivity index (χ1v) is 8.37. The summed E-state index contributed by atoms with van der Waals surface area (Å²) in [5.74, 6) is -0.937. The Labute approximate surface area is 158 Å². The van der Waals surface area contributed by atoms with Crippen LogP contribution in [0.2, 0.25) is 5.02 Å². The van der Waals surface area contributed by atoms with Gasteiger partial charge in [-0.05, 0) is 43.3 Å². The molecule has 2 aromatic carbocycles. The Morgan fingerprint density at radius 3 is 2.52 bits per heavy atom. The summed E-state index contributed by atoms with van der Waals surface area (Å²) in [4.78, 5) is 36.2. The summed E-state index contributed by atoms with van der Waals surface area (Å²) in [7, 11) is 0. The Balaban J connectivity index is 1.63. The van der Waals surface area contributed by atoms with E-state index in [-0.39, 0.29) is 5.56 Å². The number of halogens is 1. The molecule has 0 saturated carbocycles. The van der Waals surface area contributed by atoms with Crippen molar-refractivity contribution in [1.82, 2.24) is 10.9 Å². The minimum Gasteiger partial charge on any atom is -0.481 e. The van der Waals surface area contributed by atoms with Crippen LogP contribution in [0.5, 0.6) is 5.75 Å². The molecule has 8 heteroatoms. The molecule has 3 rings (SSSR count). The van der Waals surface area contributed by atoms with Crippen LogP contribution < -0.4 is 21.2 Å². The molecule has 0 aliphatic carbocycles. The highest BCUT2D eigenvalue weighted by molar-refractivity contribution is 6.30. The van der Waals surface area contributed by atoms with E-state index in [2.05, 4.69) is 10.9 Å². The third-order valence-electron chi connectivity index (χ3n) is 3.68. The molecule has 2 amide bonds. The summed E-state index contributed by atoms with van der Waals surface area (Å²) < 4.78 is 10.5. The molecule has 0 aliphatic rings. The average molecular weight is 387 g/mol. The molecule has 0 fully saturated rings. The largest absolute Gasteiger partial charge is 0.481 e. The second-order valence-corrected chi connectivity index (χ2v) is 6.08. The highest BCUT2D eigenvalue weighted by Gasteiger charge is 2.18. The van der Waals surface area contributed by atoms with E-state index in [0.29, 0.717) is 21.7 Å². The maximum Gasteiger partial charge on any atom is 0.349 e. The second kappa shape index (κ2) is 7.92. The van der Waals surface area contributed by atoms with Crippen LogP contribution in [0.3, 0.4) is 0 Å². The van der Waals surface area contributed by atoms with Crippen molar-refractivity contribution in [2.45, 2.75) is 13.0 Å². The predicted molar refractivity (Wildman–Crippen MR) is 99.6 cm³/mol. The first-order chi connectivity index (χ1) is 12.9. The predicted octanol–water partition coefficient (Wildman–Crippen LogP) is 2.67. The van der Waals surface area contributed by atoms with Gasteiger partial charge in [0.1, 0.15) is 16.9 Å². The number of ether oxygens (including phenoxy) is 1. The van der Waals surface area contributed by atoms with Gasteiger partial charge in [0.15, 0.2) is 6.10 Å². The second-order valence-electron chi connectivity index (χ2n) is 5.64. The Kier molecular flexibility index (Phi) is 5.42. The lowest BCUT2D eigenvalue weighted by Gasteiger charge is -2.15. The van der Waals surface area contributed by atoms with Crippen LogP contribution in [-0.4, -0.2) is 17.9 Å². The number of hydrogen-bond donors (Lipinski definition) is 2. The smallest absolute Gasteiger partial charge is 0.349 e. The zero-order valence-corrected chi connectivity index (χ0v) is 14.9. The van der Waals surface area contributed by atoms with Gasteiger partial charge < -0.3 is 9.15 Å². The molecule has 138 valence electrons. The molecule has 0 radical (unpaired) electrons. The van der Waals surface area contributed by atoms with Gasteiger partial charge in [-0.2, -0.15) is 0 Å². The highest BCUT2D eigenvalue weighted by Crippen LogP contribution is 2.16. The number of hydrogen-bond acceptors (Lipinski definition) is 5. The van der Waals surface area contributed by atoms with Crippen LogP contribution in [0.1, 0.15) is 17.3 Å². The Bertz CT molecular complexity index is 1050. The molecule has 0 saturated heterocycles. The number of rotatable bonds is 4. The number of para-hydroxylation sites is 1. The van der Waals surface area contributed by atoms with E-state index >= 15 is 0 Å². The van der Waals surface area contributed by atoms with E-state index in [1.165, 1.54) is 13.0 Å². The maximum absolute atomic E-state index is 12.2. The van der Waals surface area contributed by atoms with E-state index in [1.54, 1.807) is 48.5 Å². The standard InChI is InChI=1S/C19H15ClN2O5/c1-11(26-14-8-6-13(20)7-9-14)17(23)21-22-18(24)15-10-12-4-2-3-5-16(12)27-19(15)25/h2-11H,1H3,(H,21,23)(H,22,24). The van der Waals surface area contributed by atoms with Crippen molar-refractivity contribution in [2.75, 3.05) is 0 Å². The van der Waals surface area contributed by atoms with Crippen molar-refractivity contribution in [3.05, 3.63) is 75.6 Å². The zero-order chi connectivity index (χ0) is 19.4. The van der Waals surface area contributed by atoms with E-state index in [0.717, 1.165) is 0 Å². The number of amides is 2. The van der Waals surface area contributed by atoms with Gasteiger partial charge in [-0.3, -0.25) is 20.4 Å². The Hall–Kier alpha value is -3.32. The summed E-state index contributed by atoms with van der Waals surface area (Å²) in [6.07, 6.45) is -0.889. The number of carbonyl (C=O) groups excluding carboxylic acids is 2. The Morgan fingerprint density at radius 1 is 1.07 bits per heavy atom. The van der Waals surface area contributed by atoms with Crippen LogP contribution in [-0.2, 0) is 4.79 Å². The fourth-order valence-electron chi connectivity index (χ4n) is 2.28. The number of benzene rings is 2. The third-order valence-corrected chi connectivity index (χ3v) is 3.93. The number of carbonyl (C=O) groups is 2. The number of nitrogens with one attached hydrogen (secondary N) is 2. The van der Waals surface area contributed by atoms with Crippen molar-refractivity contribution >= 4 is 34.4 Å². The third kappa shape index (κ3) is 4.45. The first kappa shape index (κ1) is 18.5. The molecule has 1 heterocycles. The van der Waals surface area contributed by atoms with Crippen molar-refractivity contribution in [3.8, 4) is 5.75 Å². The summed E-state index contributed by atoms with van der Waals surface area (Å²) in [5, 5.41) is 1.13. The van der Waals surface area contributed by atoms with Gasteiger partial charge in [0, 0.05) is 10.4 Å². The van der Waals surface area contributed by atoms with Crippen molar-refractivity contribution in [1.29, 1.82) is 0 Å². The highest BCUT2D eigenvalue weighted by atomic mass is 35.5. The monoisotopic (exact) mass is 386 g/mol. The molecule has 1 unspecified atom stereocenters. The SMILES string of the molecule is CC(Oc1ccc(Cl)cc1)C(=O)NNC(=O)c1cc2ccccc2oc1=O. The molecule has 3 aromatic rings. The molecule has 27 heavy (non-hydrogen) atoms. The topological polar surface area (TPSA) is 97.6 Å². The number of hydrazine groups is 1. The minimum absolute atomic E-state index is 0.222. The van der Waals surface area contributed by atoms with Crippen LogP contribution in [0.15, 0.2) is 63.8 Å². The van der Waals surface area contributed by atoms with Crippen LogP contribution >= 0.6 is 11.6 Å². The van der Waals surface area contributed by atoms with Crippen LogP contribution in [0.4, 0.5) is 0 Å². The molecule has 0 bridgehead atoms. The molecule has 1 atom stereocenters. The van der Waals surface area contributed by atoms with Crippen LogP contribution in [0, 0.1) is 0 Å². The van der Waals surface area contributed by atoms with E-state index in [1.807, 2.05) is 0 Å². The molecular weight excluding hydrogens is 372 g/mol. The molecular formula is C19H15ClN2O5. The summed E-state index contributed by atoms with van der Waals surface area (Å²) in [6.45, 7) is 1.51. The van der Waals surface area contributed by atoms with Gasteiger partial charge >= 0.3 is 5.63 Å². The molecule has 7 nitrogen and oxygen atoms in total. The van der Waals surface area contributed by atoms with E-state index in [4.69, 9.17) is 20.8 Å². The molecule has 1 aromatic heterocycles. The molecule has 0 spiro atoms. The van der Waals surface area contributed by atoms with Gasteiger partial charge in [-0.15, -0.1) is 0 Å². The maximum atomic E-state index is 12.2. The van der Waals surface area contributed by atoms with Crippen molar-refractivity contribution in [3.63, 3.8) is 0 Å². The Morgan fingerprint density at radius 2 is 1.78 bits per heavy atom. The van der Waals surface area contributed by atoms with Gasteiger partial charge in [0.25, 0.3) is 11.8 Å². The fraction of sp³-hybridized carbons (Fsp3) is 0.105. The minimum atomic E-state index is -0.889. The van der Waals surface area contributed by atoms with Gasteiger partial charge in [-0.1, -0.05) is 29.8 Å². The molecule has 2 N–H and O–H groups in total. The lowest BCUT2D eigenvalue weighted by molar-refractivity contribution is -0.128. The van der Waals surface area contributed by atoms with E-state index < -0.39 is 23.5 Å².